The Morgan fingerprint density at radius 3 is 2.45 bits per heavy atom. The van der Waals surface area contributed by atoms with Gasteiger partial charge in [-0.3, -0.25) is 4.79 Å². The molecule has 0 radical (unpaired) electrons. The highest BCUT2D eigenvalue weighted by Gasteiger charge is 1.97. The van der Waals surface area contributed by atoms with Gasteiger partial charge in [-0.2, -0.15) is 0 Å². The van der Waals surface area contributed by atoms with Crippen molar-refractivity contribution in [3.63, 3.8) is 0 Å². The molecule has 0 amide bonds. The van der Waals surface area contributed by atoms with Crippen LogP contribution in [-0.4, -0.2) is 5.78 Å². The Hall–Kier alpha value is -1.08. The molecule has 0 spiro atoms. The lowest BCUT2D eigenvalue weighted by atomic mass is 10.1. The normalized spacial score (nSPS) is 10.3. The fraction of sp³-hybridized carbons (Fsp3) is 0. The van der Waals surface area contributed by atoms with E-state index in [9.17, 15) is 4.79 Å². The van der Waals surface area contributed by atoms with Gasteiger partial charge in [-0.25, -0.2) is 0 Å². The van der Waals surface area contributed by atoms with Gasteiger partial charge in [0.15, 0.2) is 5.78 Å². The number of rotatable bonds is 2. The van der Waals surface area contributed by atoms with Crippen molar-refractivity contribution in [2.24, 2.45) is 0 Å². The minimum atomic E-state index is -0.0689. The first kappa shape index (κ1) is 8.02. The van der Waals surface area contributed by atoms with Gasteiger partial charge in [-0.1, -0.05) is 41.9 Å². The van der Waals surface area contributed by atoms with Crippen molar-refractivity contribution in [1.82, 2.24) is 0 Å². The molecule has 1 aromatic carbocycles. The summed E-state index contributed by atoms with van der Waals surface area (Å²) in [6.07, 6.45) is 1.33. The minimum absolute atomic E-state index is 0.0689. The molecule has 0 aliphatic carbocycles. The van der Waals surface area contributed by atoms with Crippen LogP contribution in [0.1, 0.15) is 10.4 Å². The van der Waals surface area contributed by atoms with E-state index in [1.165, 1.54) is 11.6 Å². The van der Waals surface area contributed by atoms with Crippen LogP contribution in [0, 0.1) is 0 Å². The summed E-state index contributed by atoms with van der Waals surface area (Å²) in [4.78, 5) is 11.1. The van der Waals surface area contributed by atoms with Crippen molar-refractivity contribution in [2.75, 3.05) is 0 Å². The minimum Gasteiger partial charge on any atom is -0.289 e. The van der Waals surface area contributed by atoms with E-state index in [4.69, 9.17) is 11.6 Å². The molecular formula is C9H7ClO. The molecule has 0 atom stereocenters. The molecule has 0 aromatic heterocycles. The zero-order valence-electron chi connectivity index (χ0n) is 5.83. The van der Waals surface area contributed by atoms with Gasteiger partial charge < -0.3 is 0 Å². The van der Waals surface area contributed by atoms with Crippen molar-refractivity contribution in [1.29, 1.82) is 0 Å². The van der Waals surface area contributed by atoms with Gasteiger partial charge in [0.05, 0.1) is 0 Å². The molecule has 0 saturated heterocycles. The van der Waals surface area contributed by atoms with Gasteiger partial charge in [-0.15, -0.1) is 0 Å². The molecule has 1 rings (SSSR count). The van der Waals surface area contributed by atoms with Crippen LogP contribution in [0.2, 0.25) is 0 Å². The highest BCUT2D eigenvalue weighted by Crippen LogP contribution is 2.00. The largest absolute Gasteiger partial charge is 0.289 e. The summed E-state index contributed by atoms with van der Waals surface area (Å²) in [6, 6.07) is 8.99. The van der Waals surface area contributed by atoms with E-state index in [1.54, 1.807) is 12.1 Å². The van der Waals surface area contributed by atoms with Crippen LogP contribution in [0.25, 0.3) is 0 Å². The number of allylic oxidation sites excluding steroid dienone is 1. The molecular weight excluding hydrogens is 160 g/mol. The topological polar surface area (TPSA) is 17.1 Å². The van der Waals surface area contributed by atoms with Crippen molar-refractivity contribution >= 4 is 17.4 Å². The first-order valence-corrected chi connectivity index (χ1v) is 3.64. The summed E-state index contributed by atoms with van der Waals surface area (Å²) in [7, 11) is 0. The van der Waals surface area contributed by atoms with Crippen LogP contribution in [0.15, 0.2) is 41.9 Å². The number of hydrogen-bond donors (Lipinski definition) is 0. The average molecular weight is 167 g/mol. The SMILES string of the molecule is O=C(C=CCl)c1ccccc1. The molecule has 0 fully saturated rings. The molecule has 0 aliphatic rings. The highest BCUT2D eigenvalue weighted by atomic mass is 35.5. The van der Waals surface area contributed by atoms with Gasteiger partial charge >= 0.3 is 0 Å². The van der Waals surface area contributed by atoms with E-state index < -0.39 is 0 Å². The zero-order valence-corrected chi connectivity index (χ0v) is 6.58. The van der Waals surface area contributed by atoms with E-state index in [1.807, 2.05) is 18.2 Å². The van der Waals surface area contributed by atoms with Gasteiger partial charge in [0.25, 0.3) is 0 Å². The summed E-state index contributed by atoms with van der Waals surface area (Å²) in [5.41, 5.74) is 1.87. The standard InChI is InChI=1S/C9H7ClO/c10-7-6-9(11)8-4-2-1-3-5-8/h1-7H. The Labute approximate surface area is 70.3 Å². The van der Waals surface area contributed by atoms with Gasteiger partial charge in [-0.05, 0) is 6.08 Å². The average Bonchev–Trinajstić information content (AvgIpc) is 2.07. The van der Waals surface area contributed by atoms with Gasteiger partial charge in [0, 0.05) is 11.1 Å². The molecule has 56 valence electrons. The van der Waals surface area contributed by atoms with Crippen LogP contribution in [0.3, 0.4) is 0 Å². The lowest BCUT2D eigenvalue weighted by Gasteiger charge is -1.91. The lowest BCUT2D eigenvalue weighted by Crippen LogP contribution is -1.91. The Kier molecular flexibility index (Phi) is 2.87. The van der Waals surface area contributed by atoms with E-state index in [-0.39, 0.29) is 5.78 Å². The van der Waals surface area contributed by atoms with Crippen LogP contribution >= 0.6 is 11.6 Å². The highest BCUT2D eigenvalue weighted by molar-refractivity contribution is 6.27. The lowest BCUT2D eigenvalue weighted by molar-refractivity contribution is 0.104. The van der Waals surface area contributed by atoms with E-state index in [0.29, 0.717) is 5.56 Å². The maximum Gasteiger partial charge on any atom is 0.186 e. The molecule has 11 heavy (non-hydrogen) atoms. The number of ketones is 1. The van der Waals surface area contributed by atoms with Crippen molar-refractivity contribution in [3.8, 4) is 0 Å². The number of carbonyl (C=O) groups excluding carboxylic acids is 1. The number of benzene rings is 1. The second-order valence-electron chi connectivity index (χ2n) is 2.02. The van der Waals surface area contributed by atoms with Crippen molar-refractivity contribution in [3.05, 3.63) is 47.5 Å². The molecule has 1 nitrogen and oxygen atoms in total. The first-order valence-electron chi connectivity index (χ1n) is 3.21. The molecule has 1 aromatic rings. The van der Waals surface area contributed by atoms with Crippen LogP contribution < -0.4 is 0 Å². The third kappa shape index (κ3) is 2.20. The Morgan fingerprint density at radius 2 is 1.91 bits per heavy atom. The summed E-state index contributed by atoms with van der Waals surface area (Å²) < 4.78 is 0. The Balaban J connectivity index is 2.86. The molecule has 0 saturated carbocycles. The summed E-state index contributed by atoms with van der Waals surface area (Å²) in [5, 5.41) is 0. The summed E-state index contributed by atoms with van der Waals surface area (Å²) in [5.74, 6) is -0.0689. The predicted octanol–water partition coefficient (Wildman–Crippen LogP) is 2.62. The van der Waals surface area contributed by atoms with Crippen molar-refractivity contribution in [2.45, 2.75) is 0 Å². The third-order valence-corrected chi connectivity index (χ3v) is 1.40. The second-order valence-corrected chi connectivity index (χ2v) is 2.27. The van der Waals surface area contributed by atoms with Crippen LogP contribution in [0.5, 0.6) is 0 Å². The molecule has 0 unspecified atom stereocenters. The van der Waals surface area contributed by atoms with Crippen molar-refractivity contribution < 1.29 is 4.79 Å². The molecule has 0 N–H and O–H groups in total. The maximum atomic E-state index is 11.1. The zero-order chi connectivity index (χ0) is 8.10. The summed E-state index contributed by atoms with van der Waals surface area (Å²) in [6.45, 7) is 0. The van der Waals surface area contributed by atoms with Crippen LogP contribution in [-0.2, 0) is 0 Å². The Bertz CT molecular complexity index is 264. The van der Waals surface area contributed by atoms with Gasteiger partial charge in [0.1, 0.15) is 0 Å². The quantitative estimate of drug-likeness (QED) is 0.488. The molecule has 2 heteroatoms. The first-order chi connectivity index (χ1) is 5.34. The molecule has 0 bridgehead atoms. The van der Waals surface area contributed by atoms with Crippen LogP contribution in [0.4, 0.5) is 0 Å². The molecule has 0 aliphatic heterocycles. The van der Waals surface area contributed by atoms with E-state index in [0.717, 1.165) is 0 Å². The third-order valence-electron chi connectivity index (χ3n) is 1.27. The van der Waals surface area contributed by atoms with E-state index in [2.05, 4.69) is 0 Å². The number of carbonyl (C=O) groups is 1. The number of hydrogen-bond acceptors (Lipinski definition) is 1. The second kappa shape index (κ2) is 3.94. The fourth-order valence-corrected chi connectivity index (χ4v) is 0.870. The Morgan fingerprint density at radius 1 is 1.27 bits per heavy atom. The predicted molar refractivity (Wildman–Crippen MR) is 45.8 cm³/mol. The molecule has 0 heterocycles. The van der Waals surface area contributed by atoms with E-state index >= 15 is 0 Å². The summed E-state index contributed by atoms with van der Waals surface area (Å²) >= 11 is 5.24. The fourth-order valence-electron chi connectivity index (χ4n) is 0.756. The smallest absolute Gasteiger partial charge is 0.186 e. The number of halogens is 1. The van der Waals surface area contributed by atoms with Gasteiger partial charge in [0.2, 0.25) is 0 Å². The maximum absolute atomic E-state index is 11.1. The monoisotopic (exact) mass is 166 g/mol.